The molecule has 0 saturated carbocycles. The van der Waals surface area contributed by atoms with Crippen molar-refractivity contribution < 1.29 is 17.9 Å². The zero-order valence-corrected chi connectivity index (χ0v) is 21.7. The molecule has 2 unspecified atom stereocenters. The fraction of sp³-hybridized carbons (Fsp3) is 0.667. The maximum Gasteiger partial charge on any atom is 0.211 e. The molecule has 2 aliphatic heterocycles. The van der Waals surface area contributed by atoms with E-state index in [1.807, 2.05) is 6.92 Å². The molecule has 0 spiro atoms. The number of rotatable bonds is 8. The maximum atomic E-state index is 11.7. The van der Waals surface area contributed by atoms with E-state index in [0.29, 0.717) is 32.8 Å². The van der Waals surface area contributed by atoms with Gasteiger partial charge in [0, 0.05) is 38.2 Å². The van der Waals surface area contributed by atoms with E-state index in [-0.39, 0.29) is 36.0 Å². The molecule has 0 radical (unpaired) electrons. The molecule has 2 atom stereocenters. The third kappa shape index (κ3) is 8.07. The lowest BCUT2D eigenvalue weighted by molar-refractivity contribution is 0.140. The Morgan fingerprint density at radius 1 is 1.32 bits per heavy atom. The summed E-state index contributed by atoms with van der Waals surface area (Å²) in [5, 5.41) is 6.63. The highest BCUT2D eigenvalue weighted by atomic mass is 127. The number of halogens is 1. The number of hydrogen-bond donors (Lipinski definition) is 2. The predicted octanol–water partition coefficient (Wildman–Crippen LogP) is 2.12. The maximum absolute atomic E-state index is 11.7. The minimum Gasteiger partial charge on any atom is -0.488 e. The summed E-state index contributed by atoms with van der Waals surface area (Å²) in [7, 11) is -3.11. The van der Waals surface area contributed by atoms with Crippen molar-refractivity contribution in [2.75, 3.05) is 45.6 Å². The highest BCUT2D eigenvalue weighted by Crippen LogP contribution is 2.24. The summed E-state index contributed by atoms with van der Waals surface area (Å²) in [6.45, 7) is 8.55. The summed E-state index contributed by atoms with van der Waals surface area (Å²) < 4.78 is 36.6. The number of guanidine groups is 1. The van der Waals surface area contributed by atoms with Crippen LogP contribution in [0.25, 0.3) is 0 Å². The van der Waals surface area contributed by atoms with Gasteiger partial charge in [0.15, 0.2) is 5.96 Å². The molecular weight excluding hydrogens is 531 g/mol. The largest absolute Gasteiger partial charge is 0.488 e. The first-order valence-corrected chi connectivity index (χ1v) is 12.5. The Kier molecular flexibility index (Phi) is 10.3. The van der Waals surface area contributed by atoms with Crippen LogP contribution in [-0.4, -0.2) is 70.4 Å². The third-order valence-electron chi connectivity index (χ3n) is 5.43. The molecule has 2 saturated heterocycles. The number of aryl methyl sites for hydroxylation is 1. The fourth-order valence-electron chi connectivity index (χ4n) is 3.70. The lowest BCUT2D eigenvalue weighted by Gasteiger charge is -2.17. The Balaban J connectivity index is 0.00000341. The van der Waals surface area contributed by atoms with Crippen molar-refractivity contribution in [2.45, 2.75) is 39.3 Å². The second-order valence-electron chi connectivity index (χ2n) is 8.07. The Morgan fingerprint density at radius 2 is 2.13 bits per heavy atom. The highest BCUT2D eigenvalue weighted by Gasteiger charge is 2.28. The summed E-state index contributed by atoms with van der Waals surface area (Å²) in [4.78, 5) is 4.73. The first-order valence-electron chi connectivity index (χ1n) is 10.7. The Morgan fingerprint density at radius 3 is 2.77 bits per heavy atom. The van der Waals surface area contributed by atoms with Crippen LogP contribution in [0.5, 0.6) is 5.75 Å². The summed E-state index contributed by atoms with van der Waals surface area (Å²) in [5.74, 6) is 1.87. The van der Waals surface area contributed by atoms with Gasteiger partial charge in [-0.25, -0.2) is 17.7 Å². The van der Waals surface area contributed by atoms with Gasteiger partial charge in [0.05, 0.1) is 26.0 Å². The highest BCUT2D eigenvalue weighted by molar-refractivity contribution is 14.0. The van der Waals surface area contributed by atoms with Crippen molar-refractivity contribution in [1.29, 1.82) is 0 Å². The van der Waals surface area contributed by atoms with Gasteiger partial charge in [-0.1, -0.05) is 12.1 Å². The third-order valence-corrected chi connectivity index (χ3v) is 6.70. The molecule has 10 heteroatoms. The molecule has 8 nitrogen and oxygen atoms in total. The van der Waals surface area contributed by atoms with E-state index in [4.69, 9.17) is 14.5 Å². The van der Waals surface area contributed by atoms with E-state index in [1.165, 1.54) is 6.26 Å². The molecule has 2 aliphatic rings. The van der Waals surface area contributed by atoms with Crippen LogP contribution in [0.3, 0.4) is 0 Å². The van der Waals surface area contributed by atoms with Gasteiger partial charge >= 0.3 is 0 Å². The number of benzene rings is 1. The van der Waals surface area contributed by atoms with Crippen LogP contribution in [0.2, 0.25) is 0 Å². The SMILES string of the molecule is CCNC(=NCc1ccc(C)cc1OC1CCOC1)NCC1CCN(S(C)(=O)=O)C1.I. The van der Waals surface area contributed by atoms with Crippen LogP contribution in [0.15, 0.2) is 23.2 Å². The summed E-state index contributed by atoms with van der Waals surface area (Å²) in [6, 6.07) is 6.19. The van der Waals surface area contributed by atoms with E-state index < -0.39 is 10.0 Å². The molecule has 2 N–H and O–H groups in total. The van der Waals surface area contributed by atoms with Crippen molar-refractivity contribution in [2.24, 2.45) is 10.9 Å². The van der Waals surface area contributed by atoms with E-state index in [2.05, 4.69) is 35.8 Å². The van der Waals surface area contributed by atoms with Crippen molar-refractivity contribution in [1.82, 2.24) is 14.9 Å². The first-order chi connectivity index (χ1) is 14.3. The van der Waals surface area contributed by atoms with Gasteiger partial charge in [0.2, 0.25) is 10.0 Å². The average Bonchev–Trinajstić information content (AvgIpc) is 3.37. The van der Waals surface area contributed by atoms with Gasteiger partial charge in [-0.2, -0.15) is 0 Å². The van der Waals surface area contributed by atoms with Gasteiger partial charge < -0.3 is 20.1 Å². The van der Waals surface area contributed by atoms with E-state index in [0.717, 1.165) is 48.8 Å². The van der Waals surface area contributed by atoms with E-state index in [1.54, 1.807) is 4.31 Å². The van der Waals surface area contributed by atoms with Crippen LogP contribution in [0.1, 0.15) is 30.9 Å². The molecule has 1 aromatic carbocycles. The standard InChI is InChI=1S/C21H34N4O4S.HI/c1-4-22-21(23-12-17-7-9-25(14-17)30(3,26)27)24-13-18-6-5-16(2)11-20(18)29-19-8-10-28-15-19;/h5-6,11,17,19H,4,7-10,12-15H2,1-3H3,(H2,22,23,24);1H. The van der Waals surface area contributed by atoms with E-state index in [9.17, 15) is 8.42 Å². The summed E-state index contributed by atoms with van der Waals surface area (Å²) >= 11 is 0. The lowest BCUT2D eigenvalue weighted by Crippen LogP contribution is -2.40. The Bertz CT molecular complexity index is 844. The summed E-state index contributed by atoms with van der Waals surface area (Å²) in [5.41, 5.74) is 2.19. The van der Waals surface area contributed by atoms with Crippen molar-refractivity contribution in [3.8, 4) is 5.75 Å². The average molecular weight is 567 g/mol. The van der Waals surface area contributed by atoms with Crippen LogP contribution in [0.4, 0.5) is 0 Å². The first kappa shape index (κ1) is 26.1. The van der Waals surface area contributed by atoms with Crippen LogP contribution in [0, 0.1) is 12.8 Å². The van der Waals surface area contributed by atoms with Gasteiger partial charge in [-0.15, -0.1) is 24.0 Å². The predicted molar refractivity (Wildman–Crippen MR) is 134 cm³/mol. The molecule has 0 amide bonds. The molecule has 1 aromatic rings. The van der Waals surface area contributed by atoms with Crippen LogP contribution >= 0.6 is 24.0 Å². The molecule has 0 bridgehead atoms. The second kappa shape index (κ2) is 12.2. The number of sulfonamides is 1. The molecule has 0 aromatic heterocycles. The van der Waals surface area contributed by atoms with Crippen molar-refractivity contribution in [3.05, 3.63) is 29.3 Å². The summed E-state index contributed by atoms with van der Waals surface area (Å²) in [6.07, 6.45) is 3.14. The molecule has 176 valence electrons. The van der Waals surface area contributed by atoms with Crippen molar-refractivity contribution >= 4 is 40.0 Å². The molecule has 2 heterocycles. The smallest absolute Gasteiger partial charge is 0.211 e. The van der Waals surface area contributed by atoms with Gasteiger partial charge in [-0.05, 0) is 37.8 Å². The zero-order chi connectivity index (χ0) is 21.6. The number of nitrogens with zero attached hydrogens (tertiary/aromatic N) is 2. The Labute approximate surface area is 203 Å². The Hall–Kier alpha value is -1.11. The number of nitrogens with one attached hydrogen (secondary N) is 2. The lowest BCUT2D eigenvalue weighted by atomic mass is 10.1. The quantitative estimate of drug-likeness (QED) is 0.285. The van der Waals surface area contributed by atoms with Gasteiger partial charge in [0.25, 0.3) is 0 Å². The topological polar surface area (TPSA) is 92.3 Å². The van der Waals surface area contributed by atoms with Gasteiger partial charge in [-0.3, -0.25) is 0 Å². The number of aliphatic imine (C=N–C) groups is 1. The zero-order valence-electron chi connectivity index (χ0n) is 18.6. The molecule has 0 aliphatic carbocycles. The van der Waals surface area contributed by atoms with Crippen molar-refractivity contribution in [3.63, 3.8) is 0 Å². The molecular formula is C21H35IN4O4S. The van der Waals surface area contributed by atoms with E-state index >= 15 is 0 Å². The minimum absolute atomic E-state index is 0. The van der Waals surface area contributed by atoms with Crippen LogP contribution in [-0.2, 0) is 21.3 Å². The van der Waals surface area contributed by atoms with Crippen LogP contribution < -0.4 is 15.4 Å². The number of ether oxygens (including phenoxy) is 2. The molecule has 2 fully saturated rings. The molecule has 31 heavy (non-hydrogen) atoms. The normalized spacial score (nSPS) is 22.2. The van der Waals surface area contributed by atoms with Gasteiger partial charge in [0.1, 0.15) is 11.9 Å². The fourth-order valence-corrected chi connectivity index (χ4v) is 4.62. The molecule has 3 rings (SSSR count). The minimum atomic E-state index is -3.11. The number of hydrogen-bond acceptors (Lipinski definition) is 5. The monoisotopic (exact) mass is 566 g/mol. The second-order valence-corrected chi connectivity index (χ2v) is 10.0.